The van der Waals surface area contributed by atoms with Crippen molar-refractivity contribution in [1.29, 1.82) is 0 Å². The quantitative estimate of drug-likeness (QED) is 0.806. The molecule has 3 rings (SSSR count). The summed E-state index contributed by atoms with van der Waals surface area (Å²) < 4.78 is 1.67. The molecule has 0 aliphatic carbocycles. The van der Waals surface area contributed by atoms with E-state index in [9.17, 15) is 4.79 Å². The smallest absolute Gasteiger partial charge is 0.250 e. The van der Waals surface area contributed by atoms with Crippen molar-refractivity contribution in [2.24, 2.45) is 5.73 Å². The average Bonchev–Trinajstić information content (AvgIpc) is 2.87. The molecule has 2 heterocycles. The van der Waals surface area contributed by atoms with Gasteiger partial charge in [0.25, 0.3) is 0 Å². The van der Waals surface area contributed by atoms with Crippen molar-refractivity contribution in [2.45, 2.75) is 19.8 Å². The molecule has 2 N–H and O–H groups in total. The Kier molecular flexibility index (Phi) is 3.58. The predicted octanol–water partition coefficient (Wildman–Crippen LogP) is 3.30. The summed E-state index contributed by atoms with van der Waals surface area (Å²) in [7, 11) is 0. The maximum atomic E-state index is 11.5. The molecule has 0 fully saturated rings. The Morgan fingerprint density at radius 1 is 1.27 bits per heavy atom. The molecule has 0 saturated carbocycles. The predicted molar refractivity (Wildman–Crippen MR) is 86.5 cm³/mol. The van der Waals surface area contributed by atoms with E-state index in [1.807, 2.05) is 12.1 Å². The van der Waals surface area contributed by atoms with Crippen molar-refractivity contribution in [3.05, 3.63) is 52.8 Å². The largest absolute Gasteiger partial charge is 0.366 e. The van der Waals surface area contributed by atoms with Gasteiger partial charge in [0.2, 0.25) is 5.91 Å². The Labute approximate surface area is 132 Å². The van der Waals surface area contributed by atoms with Gasteiger partial charge >= 0.3 is 0 Å². The van der Waals surface area contributed by atoms with Gasteiger partial charge in [0.15, 0.2) is 5.65 Å². The van der Waals surface area contributed by atoms with Crippen LogP contribution in [0.4, 0.5) is 0 Å². The van der Waals surface area contributed by atoms with Crippen molar-refractivity contribution in [3.8, 4) is 5.69 Å². The fourth-order valence-corrected chi connectivity index (χ4v) is 2.74. The summed E-state index contributed by atoms with van der Waals surface area (Å²) >= 11 is 6.34. The van der Waals surface area contributed by atoms with Crippen molar-refractivity contribution < 1.29 is 4.79 Å². The number of fused-ring (bicyclic) bond motifs is 1. The summed E-state index contributed by atoms with van der Waals surface area (Å²) in [5, 5.41) is 5.89. The highest BCUT2D eigenvalue weighted by molar-refractivity contribution is 6.35. The molecule has 0 saturated heterocycles. The van der Waals surface area contributed by atoms with Gasteiger partial charge < -0.3 is 5.73 Å². The molecule has 5 nitrogen and oxygen atoms in total. The fraction of sp³-hybridized carbons (Fsp3) is 0.188. The summed E-state index contributed by atoms with van der Waals surface area (Å²) in [5.41, 5.74) is 7.86. The molecule has 0 unspecified atom stereocenters. The third kappa shape index (κ3) is 2.23. The van der Waals surface area contributed by atoms with Crippen LogP contribution in [-0.4, -0.2) is 20.7 Å². The zero-order valence-corrected chi connectivity index (χ0v) is 13.0. The Morgan fingerprint density at radius 3 is 2.73 bits per heavy atom. The van der Waals surface area contributed by atoms with E-state index in [0.29, 0.717) is 11.3 Å². The van der Waals surface area contributed by atoms with E-state index in [-0.39, 0.29) is 16.5 Å². The maximum Gasteiger partial charge on any atom is 0.250 e. The van der Waals surface area contributed by atoms with Gasteiger partial charge in [0, 0.05) is 11.6 Å². The molecule has 0 aliphatic heterocycles. The van der Waals surface area contributed by atoms with Crippen LogP contribution in [0.1, 0.15) is 35.8 Å². The van der Waals surface area contributed by atoms with Crippen LogP contribution in [-0.2, 0) is 0 Å². The number of carbonyl (C=O) groups is 1. The Morgan fingerprint density at radius 2 is 2.05 bits per heavy atom. The minimum absolute atomic E-state index is 0.242. The van der Waals surface area contributed by atoms with Gasteiger partial charge in [-0.2, -0.15) is 5.10 Å². The van der Waals surface area contributed by atoms with Crippen LogP contribution in [0.3, 0.4) is 0 Å². The molecule has 0 atom stereocenters. The number of hydrogen-bond donors (Lipinski definition) is 1. The van der Waals surface area contributed by atoms with Crippen LogP contribution in [0.25, 0.3) is 16.7 Å². The number of hydrogen-bond acceptors (Lipinski definition) is 3. The second-order valence-electron chi connectivity index (χ2n) is 5.33. The summed E-state index contributed by atoms with van der Waals surface area (Å²) in [5.74, 6) is -0.327. The second-order valence-corrected chi connectivity index (χ2v) is 5.71. The summed E-state index contributed by atoms with van der Waals surface area (Å²) in [4.78, 5) is 15.9. The monoisotopic (exact) mass is 314 g/mol. The number of aromatic nitrogens is 3. The molecule has 0 bridgehead atoms. The van der Waals surface area contributed by atoms with Crippen LogP contribution < -0.4 is 5.73 Å². The number of rotatable bonds is 3. The van der Waals surface area contributed by atoms with Crippen molar-refractivity contribution in [1.82, 2.24) is 14.8 Å². The lowest BCUT2D eigenvalue weighted by Crippen LogP contribution is -2.13. The summed E-state index contributed by atoms with van der Waals surface area (Å²) in [6.07, 6.45) is 1.70. The van der Waals surface area contributed by atoms with E-state index in [2.05, 4.69) is 23.9 Å². The number of primary amides is 1. The number of benzene rings is 1. The van der Waals surface area contributed by atoms with E-state index in [1.165, 1.54) is 0 Å². The van der Waals surface area contributed by atoms with Crippen LogP contribution in [0.5, 0.6) is 0 Å². The highest BCUT2D eigenvalue weighted by atomic mass is 35.5. The van der Waals surface area contributed by atoms with Gasteiger partial charge in [0.1, 0.15) is 0 Å². The van der Waals surface area contributed by atoms with Gasteiger partial charge in [-0.25, -0.2) is 9.67 Å². The van der Waals surface area contributed by atoms with E-state index in [1.54, 1.807) is 29.1 Å². The normalized spacial score (nSPS) is 11.3. The number of nitrogens with two attached hydrogens (primary N) is 1. The zero-order valence-electron chi connectivity index (χ0n) is 12.2. The Hall–Kier alpha value is -2.40. The van der Waals surface area contributed by atoms with E-state index in [0.717, 1.165) is 11.1 Å². The highest BCUT2D eigenvalue weighted by Gasteiger charge is 2.18. The van der Waals surface area contributed by atoms with E-state index < -0.39 is 5.91 Å². The number of pyridine rings is 1. The molecule has 0 spiro atoms. The molecular formula is C16H15ClN4O. The number of carbonyl (C=O) groups excluding carboxylic acids is 1. The topological polar surface area (TPSA) is 73.8 Å². The highest BCUT2D eigenvalue weighted by Crippen LogP contribution is 2.30. The van der Waals surface area contributed by atoms with Crippen LogP contribution in [0, 0.1) is 0 Å². The molecule has 112 valence electrons. The fourth-order valence-electron chi connectivity index (χ4n) is 2.44. The lowest BCUT2D eigenvalue weighted by molar-refractivity contribution is 0.100. The number of nitrogens with zero attached hydrogens (tertiary/aromatic N) is 3. The summed E-state index contributed by atoms with van der Waals surface area (Å²) in [6, 6.07) is 8.97. The molecule has 2 aromatic heterocycles. The molecule has 1 aromatic carbocycles. The average molecular weight is 315 g/mol. The van der Waals surface area contributed by atoms with E-state index >= 15 is 0 Å². The van der Waals surface area contributed by atoms with Gasteiger partial charge in [0.05, 0.1) is 22.0 Å². The lowest BCUT2D eigenvalue weighted by atomic mass is 10.1. The first-order valence-electron chi connectivity index (χ1n) is 6.93. The number of halogens is 1. The van der Waals surface area contributed by atoms with Crippen LogP contribution in [0.2, 0.25) is 5.02 Å². The standard InChI is InChI=1S/C16H15ClN4O/c1-9(2)14-11-6-4-8-19-16(11)21(20-14)12-7-3-5-10(13(12)17)15(18)22/h3-9H,1-2H3,(H2,18,22). The molecule has 3 aromatic rings. The molecule has 1 amide bonds. The zero-order chi connectivity index (χ0) is 15.9. The van der Waals surface area contributed by atoms with Gasteiger partial charge in [-0.15, -0.1) is 0 Å². The van der Waals surface area contributed by atoms with Crippen molar-refractivity contribution in [3.63, 3.8) is 0 Å². The van der Waals surface area contributed by atoms with Crippen molar-refractivity contribution in [2.75, 3.05) is 0 Å². The van der Waals surface area contributed by atoms with Gasteiger partial charge in [-0.05, 0) is 30.2 Å². The van der Waals surface area contributed by atoms with Gasteiger partial charge in [-0.1, -0.05) is 31.5 Å². The Balaban J connectivity index is 2.32. The lowest BCUT2D eigenvalue weighted by Gasteiger charge is -2.08. The van der Waals surface area contributed by atoms with Crippen LogP contribution >= 0.6 is 11.6 Å². The number of amides is 1. The minimum atomic E-state index is -0.569. The van der Waals surface area contributed by atoms with Crippen molar-refractivity contribution >= 4 is 28.5 Å². The second kappa shape index (κ2) is 5.42. The first kappa shape index (κ1) is 14.5. The SMILES string of the molecule is CC(C)c1nn(-c2cccc(C(N)=O)c2Cl)c2ncccc12. The third-order valence-electron chi connectivity index (χ3n) is 3.49. The molecule has 0 aliphatic rings. The molecule has 6 heteroatoms. The summed E-state index contributed by atoms with van der Waals surface area (Å²) in [6.45, 7) is 4.14. The molecular weight excluding hydrogens is 300 g/mol. The van der Waals surface area contributed by atoms with Gasteiger partial charge in [-0.3, -0.25) is 4.79 Å². The van der Waals surface area contributed by atoms with Crippen LogP contribution in [0.15, 0.2) is 36.5 Å². The third-order valence-corrected chi connectivity index (χ3v) is 3.89. The first-order chi connectivity index (χ1) is 10.5. The minimum Gasteiger partial charge on any atom is -0.366 e. The van der Waals surface area contributed by atoms with E-state index in [4.69, 9.17) is 17.3 Å². The first-order valence-corrected chi connectivity index (χ1v) is 7.31. The molecule has 22 heavy (non-hydrogen) atoms. The Bertz CT molecular complexity index is 870. The maximum absolute atomic E-state index is 11.5. The molecule has 0 radical (unpaired) electrons.